The molecule has 0 aromatic heterocycles. The molecule has 1 aromatic rings. The molecule has 1 rings (SSSR count). The molecule has 7 nitrogen and oxygen atoms in total. The number of hydrogen-bond donors (Lipinski definition) is 2. The molecular weight excluding hydrogens is 332 g/mol. The van der Waals surface area contributed by atoms with Crippen molar-refractivity contribution in [2.45, 2.75) is 24.3 Å². The van der Waals surface area contributed by atoms with E-state index in [1.807, 2.05) is 0 Å². The monoisotopic (exact) mass is 348 g/mol. The second kappa shape index (κ2) is 7.57. The number of halogens is 1. The van der Waals surface area contributed by atoms with Crippen LogP contribution in [0.1, 0.15) is 13.3 Å². The molecule has 1 amide bonds. The van der Waals surface area contributed by atoms with Crippen LogP contribution in [0.2, 0.25) is 5.02 Å². The molecule has 1 aromatic carbocycles. The molecule has 1 unspecified atom stereocenters. The first-order valence-corrected chi connectivity index (χ1v) is 8.24. The van der Waals surface area contributed by atoms with Gasteiger partial charge >= 0.3 is 5.97 Å². The number of carboxylic acid groups (broad SMARTS) is 1. The number of benzene rings is 1. The summed E-state index contributed by atoms with van der Waals surface area (Å²) in [5.74, 6) is -1.55. The van der Waals surface area contributed by atoms with Crippen molar-refractivity contribution >= 4 is 33.5 Å². The quantitative estimate of drug-likeness (QED) is 0.763. The van der Waals surface area contributed by atoms with Gasteiger partial charge in [0.15, 0.2) is 0 Å². The Morgan fingerprint density at radius 3 is 2.36 bits per heavy atom. The molecule has 0 bridgehead atoms. The van der Waals surface area contributed by atoms with E-state index in [0.29, 0.717) is 5.02 Å². The smallest absolute Gasteiger partial charge is 0.305 e. The third-order valence-corrected chi connectivity index (χ3v) is 4.67. The summed E-state index contributed by atoms with van der Waals surface area (Å²) in [4.78, 5) is 23.6. The topological polar surface area (TPSA) is 104 Å². The molecular formula is C13H17ClN2O5S. The van der Waals surface area contributed by atoms with Crippen molar-refractivity contribution in [3.05, 3.63) is 29.3 Å². The number of aliphatic carboxylic acids is 1. The normalized spacial score (nSPS) is 12.7. The Kier molecular flexibility index (Phi) is 6.34. The largest absolute Gasteiger partial charge is 0.481 e. The van der Waals surface area contributed by atoms with Gasteiger partial charge in [0.25, 0.3) is 0 Å². The van der Waals surface area contributed by atoms with Gasteiger partial charge in [0, 0.05) is 18.6 Å². The Morgan fingerprint density at radius 1 is 1.32 bits per heavy atom. The summed E-state index contributed by atoms with van der Waals surface area (Å²) in [6.45, 7) is 1.40. The number of amides is 1. The van der Waals surface area contributed by atoms with E-state index < -0.39 is 27.9 Å². The Bertz CT molecular complexity index is 645. The maximum Gasteiger partial charge on any atom is 0.305 e. The van der Waals surface area contributed by atoms with Crippen molar-refractivity contribution < 1.29 is 23.1 Å². The van der Waals surface area contributed by atoms with Gasteiger partial charge in [0.05, 0.1) is 17.4 Å². The number of carbonyl (C=O) groups excluding carboxylic acids is 1. The number of carboxylic acids is 1. The fourth-order valence-electron chi connectivity index (χ4n) is 1.67. The Labute approximate surface area is 133 Å². The van der Waals surface area contributed by atoms with E-state index in [4.69, 9.17) is 16.7 Å². The molecule has 0 spiro atoms. The Hall–Kier alpha value is -1.64. The first kappa shape index (κ1) is 18.4. The van der Waals surface area contributed by atoms with Crippen LogP contribution in [-0.2, 0) is 19.6 Å². The number of likely N-dealkylation sites (N-methyl/N-ethyl adjacent to an activating group) is 1. The van der Waals surface area contributed by atoms with Gasteiger partial charge in [-0.1, -0.05) is 11.6 Å². The van der Waals surface area contributed by atoms with Gasteiger partial charge in [0.2, 0.25) is 15.9 Å². The van der Waals surface area contributed by atoms with E-state index in [1.54, 1.807) is 0 Å². The average Bonchev–Trinajstić information content (AvgIpc) is 2.43. The maximum atomic E-state index is 12.1. The van der Waals surface area contributed by atoms with E-state index >= 15 is 0 Å². The Morgan fingerprint density at radius 2 is 1.86 bits per heavy atom. The van der Waals surface area contributed by atoms with Crippen LogP contribution in [0.5, 0.6) is 0 Å². The minimum Gasteiger partial charge on any atom is -0.481 e. The zero-order valence-electron chi connectivity index (χ0n) is 12.1. The van der Waals surface area contributed by atoms with Crippen LogP contribution < -0.4 is 4.72 Å². The predicted molar refractivity (Wildman–Crippen MR) is 81.1 cm³/mol. The van der Waals surface area contributed by atoms with Crippen LogP contribution >= 0.6 is 11.6 Å². The fourth-order valence-corrected chi connectivity index (χ4v) is 2.99. The Balaban J connectivity index is 2.73. The molecule has 0 aliphatic heterocycles. The number of hydrogen-bond acceptors (Lipinski definition) is 4. The lowest BCUT2D eigenvalue weighted by Crippen LogP contribution is -2.45. The third kappa shape index (κ3) is 5.28. The van der Waals surface area contributed by atoms with Crippen LogP contribution in [0.15, 0.2) is 29.2 Å². The molecule has 22 heavy (non-hydrogen) atoms. The minimum absolute atomic E-state index is 0.00117. The van der Waals surface area contributed by atoms with Gasteiger partial charge in [-0.15, -0.1) is 0 Å². The molecule has 122 valence electrons. The van der Waals surface area contributed by atoms with E-state index in [1.165, 1.54) is 43.1 Å². The van der Waals surface area contributed by atoms with E-state index in [-0.39, 0.29) is 17.9 Å². The standard InChI is InChI=1S/C13H17ClN2O5S/c1-9(13(19)16(2)8-7-12(17)18)15-22(20,21)11-5-3-10(14)4-6-11/h3-6,9,15H,7-8H2,1-2H3,(H,17,18). The number of nitrogens with one attached hydrogen (secondary N) is 1. The zero-order chi connectivity index (χ0) is 16.9. The van der Waals surface area contributed by atoms with Crippen LogP contribution in [-0.4, -0.2) is 49.9 Å². The van der Waals surface area contributed by atoms with E-state index in [2.05, 4.69) is 4.72 Å². The SMILES string of the molecule is CC(NS(=O)(=O)c1ccc(Cl)cc1)C(=O)N(C)CCC(=O)O. The molecule has 0 saturated carbocycles. The highest BCUT2D eigenvalue weighted by Crippen LogP contribution is 2.14. The van der Waals surface area contributed by atoms with Gasteiger partial charge in [-0.05, 0) is 31.2 Å². The fraction of sp³-hybridized carbons (Fsp3) is 0.385. The summed E-state index contributed by atoms with van der Waals surface area (Å²) >= 11 is 5.70. The van der Waals surface area contributed by atoms with Crippen molar-refractivity contribution in [2.24, 2.45) is 0 Å². The molecule has 0 fully saturated rings. The summed E-state index contributed by atoms with van der Waals surface area (Å²) in [5, 5.41) is 8.98. The predicted octanol–water partition coefficient (Wildman–Crippen LogP) is 0.940. The molecule has 0 heterocycles. The van der Waals surface area contributed by atoms with Gasteiger partial charge < -0.3 is 10.0 Å². The number of sulfonamides is 1. The van der Waals surface area contributed by atoms with E-state index in [9.17, 15) is 18.0 Å². The lowest BCUT2D eigenvalue weighted by Gasteiger charge is -2.21. The van der Waals surface area contributed by atoms with Crippen LogP contribution in [0.4, 0.5) is 0 Å². The average molecular weight is 349 g/mol. The van der Waals surface area contributed by atoms with Crippen molar-refractivity contribution in [3.63, 3.8) is 0 Å². The van der Waals surface area contributed by atoms with Gasteiger partial charge in [-0.2, -0.15) is 4.72 Å². The molecule has 1 atom stereocenters. The highest BCUT2D eigenvalue weighted by Gasteiger charge is 2.24. The molecule has 0 aliphatic carbocycles. The van der Waals surface area contributed by atoms with Crippen molar-refractivity contribution in [1.29, 1.82) is 0 Å². The van der Waals surface area contributed by atoms with E-state index in [0.717, 1.165) is 0 Å². The van der Waals surface area contributed by atoms with Crippen molar-refractivity contribution in [3.8, 4) is 0 Å². The second-order valence-corrected chi connectivity index (χ2v) is 6.85. The zero-order valence-corrected chi connectivity index (χ0v) is 13.7. The first-order chi connectivity index (χ1) is 10.1. The number of nitrogens with zero attached hydrogens (tertiary/aromatic N) is 1. The van der Waals surface area contributed by atoms with Crippen LogP contribution in [0, 0.1) is 0 Å². The maximum absolute atomic E-state index is 12.1. The van der Waals surface area contributed by atoms with Crippen molar-refractivity contribution in [1.82, 2.24) is 9.62 Å². The highest BCUT2D eigenvalue weighted by molar-refractivity contribution is 7.89. The van der Waals surface area contributed by atoms with Gasteiger partial charge in [-0.3, -0.25) is 9.59 Å². The first-order valence-electron chi connectivity index (χ1n) is 6.38. The molecule has 0 saturated heterocycles. The lowest BCUT2D eigenvalue weighted by molar-refractivity contribution is -0.138. The highest BCUT2D eigenvalue weighted by atomic mass is 35.5. The van der Waals surface area contributed by atoms with Gasteiger partial charge in [-0.25, -0.2) is 8.42 Å². The van der Waals surface area contributed by atoms with Gasteiger partial charge in [0.1, 0.15) is 0 Å². The molecule has 0 radical (unpaired) electrons. The third-order valence-electron chi connectivity index (χ3n) is 2.86. The second-order valence-electron chi connectivity index (χ2n) is 4.70. The van der Waals surface area contributed by atoms with Crippen LogP contribution in [0.25, 0.3) is 0 Å². The van der Waals surface area contributed by atoms with Crippen molar-refractivity contribution in [2.75, 3.05) is 13.6 Å². The molecule has 0 aliphatic rings. The summed E-state index contributed by atoms with van der Waals surface area (Å²) < 4.78 is 26.5. The molecule has 2 N–H and O–H groups in total. The number of carbonyl (C=O) groups is 2. The summed E-state index contributed by atoms with van der Waals surface area (Å²) in [6.07, 6.45) is -0.209. The minimum atomic E-state index is -3.86. The summed E-state index contributed by atoms with van der Waals surface area (Å²) in [6, 6.07) is 4.51. The summed E-state index contributed by atoms with van der Waals surface area (Å²) in [5.41, 5.74) is 0. The van der Waals surface area contributed by atoms with Crippen LogP contribution in [0.3, 0.4) is 0 Å². The molecule has 9 heteroatoms. The number of rotatable bonds is 7. The lowest BCUT2D eigenvalue weighted by atomic mass is 10.3. The summed E-state index contributed by atoms with van der Waals surface area (Å²) in [7, 11) is -2.44.